The third-order valence-corrected chi connectivity index (χ3v) is 2.89. The zero-order chi connectivity index (χ0) is 15.1. The molecular weight excluding hydrogens is 257 g/mol. The minimum absolute atomic E-state index is 0.111. The number of benzene rings is 1. The van der Waals surface area contributed by atoms with E-state index in [1.807, 2.05) is 26.8 Å². The molecule has 1 rings (SSSR count). The number of carbonyl (C=O) groups is 1. The summed E-state index contributed by atoms with van der Waals surface area (Å²) in [6, 6.07) is 5.46. The molecule has 4 nitrogen and oxygen atoms in total. The van der Waals surface area contributed by atoms with E-state index >= 15 is 0 Å². The number of hydrogen-bond donors (Lipinski definition) is 2. The maximum Gasteiger partial charge on any atom is 0.239 e. The lowest BCUT2D eigenvalue weighted by molar-refractivity contribution is -0.119. The summed E-state index contributed by atoms with van der Waals surface area (Å²) >= 11 is 0. The van der Waals surface area contributed by atoms with E-state index in [0.717, 1.165) is 5.56 Å². The topological polar surface area (TPSA) is 44.4 Å². The normalized spacial score (nSPS) is 10.7. The number of anilines is 1. The molecule has 0 radical (unpaired) electrons. The number of amides is 1. The van der Waals surface area contributed by atoms with Crippen molar-refractivity contribution in [3.05, 3.63) is 29.6 Å². The second-order valence-corrected chi connectivity index (χ2v) is 5.13. The summed E-state index contributed by atoms with van der Waals surface area (Å²) in [6.45, 7) is 7.31. The molecule has 0 aromatic heterocycles. The van der Waals surface area contributed by atoms with E-state index in [1.165, 1.54) is 6.07 Å². The lowest BCUT2D eigenvalue weighted by Crippen LogP contribution is -2.35. The van der Waals surface area contributed by atoms with Gasteiger partial charge in [0.1, 0.15) is 5.82 Å². The van der Waals surface area contributed by atoms with Gasteiger partial charge in [-0.2, -0.15) is 0 Å². The third-order valence-electron chi connectivity index (χ3n) is 2.89. The minimum Gasteiger partial charge on any atom is -0.363 e. The van der Waals surface area contributed by atoms with E-state index in [9.17, 15) is 9.18 Å². The van der Waals surface area contributed by atoms with E-state index in [1.54, 1.807) is 18.0 Å². The van der Waals surface area contributed by atoms with E-state index in [0.29, 0.717) is 24.8 Å². The van der Waals surface area contributed by atoms with Crippen molar-refractivity contribution in [2.45, 2.75) is 33.4 Å². The molecular formula is C15H24FN3O. The number of nitrogens with one attached hydrogen (secondary N) is 2. The van der Waals surface area contributed by atoms with Crippen molar-refractivity contribution in [2.75, 3.05) is 25.0 Å². The van der Waals surface area contributed by atoms with Crippen molar-refractivity contribution in [1.29, 1.82) is 0 Å². The fraction of sp³-hybridized carbons (Fsp3) is 0.533. The van der Waals surface area contributed by atoms with Gasteiger partial charge in [-0.1, -0.05) is 19.9 Å². The standard InChI is InChI=1S/C15H24FN3O/c1-5-17-15(20)10-19(4)14-7-6-12(8-13(14)16)9-18-11(2)3/h6-8,11,18H,5,9-10H2,1-4H3,(H,17,20). The van der Waals surface area contributed by atoms with Gasteiger partial charge in [0.2, 0.25) is 5.91 Å². The average Bonchev–Trinajstić information content (AvgIpc) is 2.36. The van der Waals surface area contributed by atoms with Gasteiger partial charge in [-0.25, -0.2) is 4.39 Å². The van der Waals surface area contributed by atoms with Crippen LogP contribution in [0.3, 0.4) is 0 Å². The van der Waals surface area contributed by atoms with E-state index in [2.05, 4.69) is 10.6 Å². The zero-order valence-electron chi connectivity index (χ0n) is 12.7. The Morgan fingerprint density at radius 1 is 1.40 bits per heavy atom. The van der Waals surface area contributed by atoms with Gasteiger partial charge in [-0.15, -0.1) is 0 Å². The van der Waals surface area contributed by atoms with Crippen LogP contribution in [0, 0.1) is 5.82 Å². The summed E-state index contributed by atoms with van der Waals surface area (Å²) in [5, 5.41) is 5.94. The van der Waals surface area contributed by atoms with Crippen LogP contribution in [0.25, 0.3) is 0 Å². The Bertz CT molecular complexity index is 449. The number of carbonyl (C=O) groups excluding carboxylic acids is 1. The van der Waals surface area contributed by atoms with Crippen LogP contribution in [0.4, 0.5) is 10.1 Å². The number of likely N-dealkylation sites (N-methyl/N-ethyl adjacent to an activating group) is 2. The minimum atomic E-state index is -0.306. The Balaban J connectivity index is 2.69. The van der Waals surface area contributed by atoms with E-state index in [4.69, 9.17) is 0 Å². The molecule has 112 valence electrons. The van der Waals surface area contributed by atoms with Crippen LogP contribution in [-0.2, 0) is 11.3 Å². The van der Waals surface area contributed by atoms with Crippen molar-refractivity contribution in [2.24, 2.45) is 0 Å². The second-order valence-electron chi connectivity index (χ2n) is 5.13. The highest BCUT2D eigenvalue weighted by molar-refractivity contribution is 5.81. The molecule has 0 heterocycles. The predicted octanol–water partition coefficient (Wildman–Crippen LogP) is 1.90. The molecule has 1 aromatic rings. The molecule has 2 N–H and O–H groups in total. The summed E-state index contributed by atoms with van der Waals surface area (Å²) < 4.78 is 14.1. The number of rotatable bonds is 7. The Labute approximate surface area is 120 Å². The molecule has 0 aliphatic rings. The fourth-order valence-electron chi connectivity index (χ4n) is 1.85. The van der Waals surface area contributed by atoms with Crippen molar-refractivity contribution < 1.29 is 9.18 Å². The molecule has 0 unspecified atom stereocenters. The lowest BCUT2D eigenvalue weighted by atomic mass is 10.1. The zero-order valence-corrected chi connectivity index (χ0v) is 12.7. The largest absolute Gasteiger partial charge is 0.363 e. The molecule has 0 aliphatic carbocycles. The van der Waals surface area contributed by atoms with Gasteiger partial charge in [0.05, 0.1) is 12.2 Å². The second kappa shape index (κ2) is 7.85. The first kappa shape index (κ1) is 16.4. The van der Waals surface area contributed by atoms with Crippen molar-refractivity contribution in [1.82, 2.24) is 10.6 Å². The van der Waals surface area contributed by atoms with E-state index in [-0.39, 0.29) is 18.3 Å². The molecule has 0 bridgehead atoms. The van der Waals surface area contributed by atoms with E-state index < -0.39 is 0 Å². The molecule has 0 saturated carbocycles. The van der Waals surface area contributed by atoms with Crippen molar-refractivity contribution >= 4 is 11.6 Å². The van der Waals surface area contributed by atoms with Crippen LogP contribution in [0.15, 0.2) is 18.2 Å². The van der Waals surface area contributed by atoms with Gasteiger partial charge in [-0.3, -0.25) is 4.79 Å². The molecule has 5 heteroatoms. The highest BCUT2D eigenvalue weighted by Crippen LogP contribution is 2.19. The summed E-state index contributed by atoms with van der Waals surface area (Å²) in [7, 11) is 1.71. The first-order valence-electron chi connectivity index (χ1n) is 6.93. The van der Waals surface area contributed by atoms with Gasteiger partial charge in [-0.05, 0) is 24.6 Å². The number of nitrogens with zero attached hydrogens (tertiary/aromatic N) is 1. The molecule has 1 aromatic carbocycles. The van der Waals surface area contributed by atoms with Crippen LogP contribution in [-0.4, -0.2) is 32.1 Å². The summed E-state index contributed by atoms with van der Waals surface area (Å²) in [5.74, 6) is -0.417. The Morgan fingerprint density at radius 3 is 2.65 bits per heavy atom. The monoisotopic (exact) mass is 281 g/mol. The van der Waals surface area contributed by atoms with Crippen LogP contribution < -0.4 is 15.5 Å². The van der Waals surface area contributed by atoms with Gasteiger partial charge in [0.15, 0.2) is 0 Å². The maximum absolute atomic E-state index is 14.1. The molecule has 20 heavy (non-hydrogen) atoms. The Morgan fingerprint density at radius 2 is 2.10 bits per heavy atom. The molecule has 0 spiro atoms. The van der Waals surface area contributed by atoms with Crippen LogP contribution in [0.5, 0.6) is 0 Å². The summed E-state index contributed by atoms with van der Waals surface area (Å²) in [5.41, 5.74) is 1.33. The summed E-state index contributed by atoms with van der Waals surface area (Å²) in [6.07, 6.45) is 0. The SMILES string of the molecule is CCNC(=O)CN(C)c1ccc(CNC(C)C)cc1F. The average molecular weight is 281 g/mol. The van der Waals surface area contributed by atoms with Gasteiger partial charge < -0.3 is 15.5 Å². The van der Waals surface area contributed by atoms with Gasteiger partial charge in [0, 0.05) is 26.2 Å². The lowest BCUT2D eigenvalue weighted by Gasteiger charge is -2.20. The molecule has 0 aliphatic heterocycles. The summed E-state index contributed by atoms with van der Waals surface area (Å²) in [4.78, 5) is 13.1. The van der Waals surface area contributed by atoms with Gasteiger partial charge in [0.25, 0.3) is 0 Å². The molecule has 0 atom stereocenters. The van der Waals surface area contributed by atoms with Crippen LogP contribution in [0.2, 0.25) is 0 Å². The van der Waals surface area contributed by atoms with Crippen molar-refractivity contribution in [3.8, 4) is 0 Å². The van der Waals surface area contributed by atoms with Crippen molar-refractivity contribution in [3.63, 3.8) is 0 Å². The maximum atomic E-state index is 14.1. The highest BCUT2D eigenvalue weighted by Gasteiger charge is 2.11. The first-order valence-corrected chi connectivity index (χ1v) is 6.93. The number of halogens is 1. The fourth-order valence-corrected chi connectivity index (χ4v) is 1.85. The molecule has 0 fully saturated rings. The Kier molecular flexibility index (Phi) is 6.45. The van der Waals surface area contributed by atoms with Crippen LogP contribution in [0.1, 0.15) is 26.3 Å². The van der Waals surface area contributed by atoms with Crippen LogP contribution >= 0.6 is 0 Å². The predicted molar refractivity (Wildman–Crippen MR) is 80.3 cm³/mol. The molecule has 1 amide bonds. The number of hydrogen-bond acceptors (Lipinski definition) is 3. The third kappa shape index (κ3) is 5.17. The smallest absolute Gasteiger partial charge is 0.239 e. The molecule has 0 saturated heterocycles. The van der Waals surface area contributed by atoms with Gasteiger partial charge >= 0.3 is 0 Å². The quantitative estimate of drug-likeness (QED) is 0.802. The highest BCUT2D eigenvalue weighted by atomic mass is 19.1. The first-order chi connectivity index (χ1) is 9.43. The Hall–Kier alpha value is -1.62.